The predicted octanol–water partition coefficient (Wildman–Crippen LogP) is 2.36. The van der Waals surface area contributed by atoms with Gasteiger partial charge in [0.15, 0.2) is 5.76 Å². The van der Waals surface area contributed by atoms with Crippen LogP contribution < -0.4 is 10.2 Å². The lowest BCUT2D eigenvalue weighted by molar-refractivity contribution is -0.131. The first-order valence-electron chi connectivity index (χ1n) is 10.9. The molecule has 2 amide bonds. The SMILES string of the molecule is CN(C)Cc1c(C(=O)NCCC(=O)N2CCN(c3ccccn3)CC2)oc2ccccc12. The number of fused-ring (bicyclic) bond motifs is 1. The van der Waals surface area contributed by atoms with E-state index < -0.39 is 0 Å². The Hall–Kier alpha value is -3.39. The van der Waals surface area contributed by atoms with Crippen LogP contribution in [0, 0.1) is 0 Å². The minimum atomic E-state index is -0.286. The highest BCUT2D eigenvalue weighted by Gasteiger charge is 2.23. The first-order valence-corrected chi connectivity index (χ1v) is 10.9. The van der Waals surface area contributed by atoms with Crippen LogP contribution in [0.2, 0.25) is 0 Å². The van der Waals surface area contributed by atoms with Crippen molar-refractivity contribution in [1.29, 1.82) is 0 Å². The van der Waals surface area contributed by atoms with Gasteiger partial charge in [0.2, 0.25) is 5.91 Å². The average molecular weight is 436 g/mol. The second kappa shape index (κ2) is 9.82. The van der Waals surface area contributed by atoms with Gasteiger partial charge in [-0.2, -0.15) is 0 Å². The van der Waals surface area contributed by atoms with E-state index >= 15 is 0 Å². The molecule has 3 aromatic rings. The highest BCUT2D eigenvalue weighted by Crippen LogP contribution is 2.26. The van der Waals surface area contributed by atoms with E-state index in [0.29, 0.717) is 31.0 Å². The van der Waals surface area contributed by atoms with Gasteiger partial charge in [-0.25, -0.2) is 4.98 Å². The zero-order valence-electron chi connectivity index (χ0n) is 18.6. The number of nitrogens with zero attached hydrogens (tertiary/aromatic N) is 4. The van der Waals surface area contributed by atoms with Crippen molar-refractivity contribution in [2.45, 2.75) is 13.0 Å². The van der Waals surface area contributed by atoms with Crippen LogP contribution in [0.15, 0.2) is 53.1 Å². The fourth-order valence-corrected chi connectivity index (χ4v) is 4.00. The molecule has 3 heterocycles. The number of hydrogen-bond acceptors (Lipinski definition) is 6. The first kappa shape index (κ1) is 21.8. The number of pyridine rings is 1. The molecule has 1 aliphatic heterocycles. The molecule has 32 heavy (non-hydrogen) atoms. The number of carbonyl (C=O) groups is 2. The van der Waals surface area contributed by atoms with Crippen LogP contribution in [0.25, 0.3) is 11.0 Å². The van der Waals surface area contributed by atoms with E-state index in [2.05, 4.69) is 15.2 Å². The standard InChI is InChI=1S/C24H29N5O3/c1-27(2)17-19-18-7-3-4-8-20(18)32-23(19)24(31)26-12-10-22(30)29-15-13-28(14-16-29)21-9-5-6-11-25-21/h3-9,11H,10,12-17H2,1-2H3,(H,26,31). The van der Waals surface area contributed by atoms with E-state index in [0.717, 1.165) is 29.9 Å². The third-order valence-electron chi connectivity index (χ3n) is 5.61. The number of benzene rings is 1. The molecule has 0 spiro atoms. The maximum atomic E-state index is 12.8. The van der Waals surface area contributed by atoms with E-state index in [-0.39, 0.29) is 24.8 Å². The zero-order valence-corrected chi connectivity index (χ0v) is 18.6. The molecule has 0 saturated carbocycles. The Balaban J connectivity index is 1.30. The molecular weight excluding hydrogens is 406 g/mol. The number of furan rings is 1. The van der Waals surface area contributed by atoms with Crippen molar-refractivity contribution in [1.82, 2.24) is 20.1 Å². The molecule has 2 aromatic heterocycles. The number of para-hydroxylation sites is 1. The van der Waals surface area contributed by atoms with E-state index in [4.69, 9.17) is 4.42 Å². The quantitative estimate of drug-likeness (QED) is 0.614. The number of aromatic nitrogens is 1. The van der Waals surface area contributed by atoms with Crippen LogP contribution in [-0.2, 0) is 11.3 Å². The minimum Gasteiger partial charge on any atom is -0.451 e. The molecule has 0 atom stereocenters. The van der Waals surface area contributed by atoms with E-state index in [1.807, 2.05) is 66.4 Å². The van der Waals surface area contributed by atoms with Gasteiger partial charge < -0.3 is 24.4 Å². The lowest BCUT2D eigenvalue weighted by Crippen LogP contribution is -2.49. The Labute approximate surface area is 187 Å². The molecule has 0 unspecified atom stereocenters. The third kappa shape index (κ3) is 4.91. The van der Waals surface area contributed by atoms with Gasteiger partial charge in [-0.05, 0) is 32.3 Å². The summed E-state index contributed by atoms with van der Waals surface area (Å²) in [6, 6.07) is 13.5. The fraction of sp³-hybridized carbons (Fsp3) is 0.375. The molecule has 8 nitrogen and oxygen atoms in total. The predicted molar refractivity (Wildman–Crippen MR) is 124 cm³/mol. The van der Waals surface area contributed by atoms with Gasteiger partial charge >= 0.3 is 0 Å². The number of amides is 2. The summed E-state index contributed by atoms with van der Waals surface area (Å²) in [5.74, 6) is 1.01. The second-order valence-corrected chi connectivity index (χ2v) is 8.21. The Bertz CT molecular complexity index is 1070. The van der Waals surface area contributed by atoms with Crippen LogP contribution in [0.1, 0.15) is 22.5 Å². The van der Waals surface area contributed by atoms with Gasteiger partial charge in [-0.3, -0.25) is 9.59 Å². The van der Waals surface area contributed by atoms with Crippen molar-refractivity contribution in [2.24, 2.45) is 0 Å². The molecule has 8 heteroatoms. The number of rotatable bonds is 7. The van der Waals surface area contributed by atoms with Gasteiger partial charge in [0.25, 0.3) is 5.91 Å². The summed E-state index contributed by atoms with van der Waals surface area (Å²) in [7, 11) is 3.91. The maximum Gasteiger partial charge on any atom is 0.287 e. The van der Waals surface area contributed by atoms with Crippen molar-refractivity contribution < 1.29 is 14.0 Å². The Morgan fingerprint density at radius 2 is 1.81 bits per heavy atom. The highest BCUT2D eigenvalue weighted by molar-refractivity contribution is 5.99. The Morgan fingerprint density at radius 1 is 1.06 bits per heavy atom. The monoisotopic (exact) mass is 435 g/mol. The summed E-state index contributed by atoms with van der Waals surface area (Å²) in [5, 5.41) is 3.80. The number of nitrogens with one attached hydrogen (secondary N) is 1. The largest absolute Gasteiger partial charge is 0.451 e. The topological polar surface area (TPSA) is 81.9 Å². The molecule has 168 valence electrons. The number of piperazine rings is 1. The molecule has 0 radical (unpaired) electrons. The second-order valence-electron chi connectivity index (χ2n) is 8.21. The minimum absolute atomic E-state index is 0.0455. The van der Waals surface area contributed by atoms with Crippen LogP contribution in [-0.4, -0.2) is 73.4 Å². The van der Waals surface area contributed by atoms with Gasteiger partial charge in [0, 0.05) is 62.8 Å². The van der Waals surface area contributed by atoms with Crippen LogP contribution in [0.4, 0.5) is 5.82 Å². The van der Waals surface area contributed by atoms with Gasteiger partial charge in [-0.15, -0.1) is 0 Å². The molecular formula is C24H29N5O3. The molecule has 0 aliphatic carbocycles. The van der Waals surface area contributed by atoms with Crippen molar-refractivity contribution >= 4 is 28.6 Å². The Morgan fingerprint density at radius 3 is 2.53 bits per heavy atom. The lowest BCUT2D eigenvalue weighted by Gasteiger charge is -2.35. The summed E-state index contributed by atoms with van der Waals surface area (Å²) in [6.07, 6.45) is 2.04. The molecule has 1 aliphatic rings. The number of hydrogen-bond donors (Lipinski definition) is 1. The summed E-state index contributed by atoms with van der Waals surface area (Å²) in [5.41, 5.74) is 1.55. The molecule has 4 rings (SSSR count). The van der Waals surface area contributed by atoms with E-state index in [9.17, 15) is 9.59 Å². The van der Waals surface area contributed by atoms with Gasteiger partial charge in [0.1, 0.15) is 11.4 Å². The fourth-order valence-electron chi connectivity index (χ4n) is 4.00. The van der Waals surface area contributed by atoms with Gasteiger partial charge in [-0.1, -0.05) is 24.3 Å². The number of carbonyl (C=O) groups excluding carboxylic acids is 2. The molecule has 1 N–H and O–H groups in total. The molecule has 1 aromatic carbocycles. The summed E-state index contributed by atoms with van der Waals surface area (Å²) in [4.78, 5) is 35.8. The lowest BCUT2D eigenvalue weighted by atomic mass is 10.1. The Kier molecular flexibility index (Phi) is 6.70. The van der Waals surface area contributed by atoms with E-state index in [1.165, 1.54) is 0 Å². The summed E-state index contributed by atoms with van der Waals surface area (Å²) in [6.45, 7) is 3.68. The maximum absolute atomic E-state index is 12.8. The van der Waals surface area contributed by atoms with Gasteiger partial charge in [0.05, 0.1) is 0 Å². The van der Waals surface area contributed by atoms with Crippen molar-refractivity contribution in [3.8, 4) is 0 Å². The highest BCUT2D eigenvalue weighted by atomic mass is 16.3. The third-order valence-corrected chi connectivity index (χ3v) is 5.61. The molecule has 1 fully saturated rings. The molecule has 1 saturated heterocycles. The van der Waals surface area contributed by atoms with Crippen molar-refractivity contribution in [2.75, 3.05) is 51.7 Å². The zero-order chi connectivity index (χ0) is 22.5. The smallest absolute Gasteiger partial charge is 0.287 e. The van der Waals surface area contributed by atoms with Crippen LogP contribution >= 0.6 is 0 Å². The van der Waals surface area contributed by atoms with Crippen molar-refractivity contribution in [3.05, 3.63) is 60.0 Å². The average Bonchev–Trinajstić information content (AvgIpc) is 3.17. The van der Waals surface area contributed by atoms with Crippen molar-refractivity contribution in [3.63, 3.8) is 0 Å². The summed E-state index contributed by atoms with van der Waals surface area (Å²) >= 11 is 0. The van der Waals surface area contributed by atoms with E-state index in [1.54, 1.807) is 6.20 Å². The van der Waals surface area contributed by atoms with Crippen LogP contribution in [0.5, 0.6) is 0 Å². The van der Waals surface area contributed by atoms with Crippen LogP contribution in [0.3, 0.4) is 0 Å². The normalized spacial score (nSPS) is 14.2. The summed E-state index contributed by atoms with van der Waals surface area (Å²) < 4.78 is 5.84. The number of anilines is 1. The molecule has 0 bridgehead atoms. The first-order chi connectivity index (χ1) is 15.5.